The summed E-state index contributed by atoms with van der Waals surface area (Å²) in [7, 11) is 4.27. The number of hydrogen-bond acceptors (Lipinski definition) is 3. The average molecular weight is 193 g/mol. The third-order valence-electron chi connectivity index (χ3n) is 2.84. The minimum absolute atomic E-state index is 0. The first kappa shape index (κ1) is 10.3. The van der Waals surface area contributed by atoms with Gasteiger partial charge in [-0.1, -0.05) is 0 Å². The lowest BCUT2D eigenvalue weighted by molar-refractivity contribution is 0.106. The van der Waals surface area contributed by atoms with E-state index in [0.717, 1.165) is 25.6 Å². The zero-order chi connectivity index (χ0) is 7.84. The van der Waals surface area contributed by atoms with Crippen molar-refractivity contribution in [2.45, 2.75) is 12.1 Å². The second kappa shape index (κ2) is 3.92. The molecule has 1 N–H and O–H groups in total. The van der Waals surface area contributed by atoms with Gasteiger partial charge >= 0.3 is 0 Å². The third-order valence-corrected chi connectivity index (χ3v) is 2.84. The summed E-state index contributed by atoms with van der Waals surface area (Å²) in [6.07, 6.45) is 0.488. The highest BCUT2D eigenvalue weighted by atomic mass is 35.5. The fourth-order valence-corrected chi connectivity index (χ4v) is 2.12. The highest BCUT2D eigenvalue weighted by molar-refractivity contribution is 5.85. The summed E-state index contributed by atoms with van der Waals surface area (Å²) >= 11 is 0. The molecule has 4 heteroatoms. The van der Waals surface area contributed by atoms with E-state index in [1.807, 2.05) is 0 Å². The Morgan fingerprint density at radius 2 is 2.08 bits per heavy atom. The molecule has 0 spiro atoms. The molecule has 2 heterocycles. The SMILES string of the molecule is CN(C)C1CO[C@H]2CNC[C@@H]12.Cl. The van der Waals surface area contributed by atoms with Crippen LogP contribution in [0.2, 0.25) is 0 Å². The van der Waals surface area contributed by atoms with Gasteiger partial charge in [-0.25, -0.2) is 0 Å². The molecule has 1 unspecified atom stereocenters. The first-order valence-corrected chi connectivity index (χ1v) is 4.28. The van der Waals surface area contributed by atoms with Gasteiger partial charge in [0, 0.05) is 25.0 Å². The van der Waals surface area contributed by atoms with E-state index in [0.29, 0.717) is 12.1 Å². The molecule has 0 amide bonds. The first-order valence-electron chi connectivity index (χ1n) is 4.28. The lowest BCUT2D eigenvalue weighted by Crippen LogP contribution is -2.36. The minimum Gasteiger partial charge on any atom is -0.375 e. The fourth-order valence-electron chi connectivity index (χ4n) is 2.12. The van der Waals surface area contributed by atoms with E-state index < -0.39 is 0 Å². The van der Waals surface area contributed by atoms with Crippen LogP contribution in [0.4, 0.5) is 0 Å². The van der Waals surface area contributed by atoms with Crippen LogP contribution in [0, 0.1) is 5.92 Å². The van der Waals surface area contributed by atoms with Crippen LogP contribution in [0.25, 0.3) is 0 Å². The summed E-state index contributed by atoms with van der Waals surface area (Å²) in [6, 6.07) is 0.634. The molecule has 0 aromatic heterocycles. The number of nitrogens with zero attached hydrogens (tertiary/aromatic N) is 1. The summed E-state index contributed by atoms with van der Waals surface area (Å²) in [5, 5.41) is 3.36. The summed E-state index contributed by atoms with van der Waals surface area (Å²) in [4.78, 5) is 2.28. The number of fused-ring (bicyclic) bond motifs is 1. The third kappa shape index (κ3) is 1.59. The van der Waals surface area contributed by atoms with Crippen molar-refractivity contribution >= 4 is 12.4 Å². The molecule has 3 nitrogen and oxygen atoms in total. The molecule has 0 radical (unpaired) electrons. The molecule has 0 aromatic rings. The van der Waals surface area contributed by atoms with Gasteiger partial charge in [-0.15, -0.1) is 12.4 Å². The van der Waals surface area contributed by atoms with Crippen LogP contribution in [-0.4, -0.2) is 50.8 Å². The van der Waals surface area contributed by atoms with Crippen LogP contribution >= 0.6 is 12.4 Å². The molecular formula is C8H17ClN2O. The van der Waals surface area contributed by atoms with Crippen LogP contribution < -0.4 is 5.32 Å². The first-order chi connectivity index (χ1) is 5.29. The van der Waals surface area contributed by atoms with Gasteiger partial charge in [0.1, 0.15) is 0 Å². The van der Waals surface area contributed by atoms with Crippen molar-refractivity contribution in [3.8, 4) is 0 Å². The lowest BCUT2D eigenvalue weighted by Gasteiger charge is -2.22. The van der Waals surface area contributed by atoms with E-state index in [1.54, 1.807) is 0 Å². The Morgan fingerprint density at radius 3 is 2.75 bits per heavy atom. The van der Waals surface area contributed by atoms with Gasteiger partial charge in [-0.2, -0.15) is 0 Å². The lowest BCUT2D eigenvalue weighted by atomic mass is 10.00. The van der Waals surface area contributed by atoms with Crippen molar-refractivity contribution in [2.24, 2.45) is 5.92 Å². The topological polar surface area (TPSA) is 24.5 Å². The second-order valence-electron chi connectivity index (χ2n) is 3.72. The number of hydrogen-bond donors (Lipinski definition) is 1. The van der Waals surface area contributed by atoms with E-state index in [-0.39, 0.29) is 12.4 Å². The van der Waals surface area contributed by atoms with Gasteiger partial charge in [-0.3, -0.25) is 0 Å². The summed E-state index contributed by atoms with van der Waals surface area (Å²) in [5.41, 5.74) is 0. The van der Waals surface area contributed by atoms with Crippen molar-refractivity contribution in [3.05, 3.63) is 0 Å². The predicted molar refractivity (Wildman–Crippen MR) is 50.8 cm³/mol. The van der Waals surface area contributed by atoms with Gasteiger partial charge in [0.15, 0.2) is 0 Å². The molecular weight excluding hydrogens is 176 g/mol. The van der Waals surface area contributed by atoms with E-state index in [1.165, 1.54) is 0 Å². The molecule has 2 aliphatic heterocycles. The maximum absolute atomic E-state index is 5.65. The quantitative estimate of drug-likeness (QED) is 0.631. The Kier molecular flexibility index (Phi) is 3.35. The van der Waals surface area contributed by atoms with Gasteiger partial charge in [0.2, 0.25) is 0 Å². The highest BCUT2D eigenvalue weighted by Gasteiger charge is 2.41. The van der Waals surface area contributed by atoms with Crippen molar-refractivity contribution in [1.82, 2.24) is 10.2 Å². The molecule has 0 bridgehead atoms. The van der Waals surface area contributed by atoms with Crippen LogP contribution in [-0.2, 0) is 4.74 Å². The minimum atomic E-state index is 0. The smallest absolute Gasteiger partial charge is 0.0756 e. The van der Waals surface area contributed by atoms with E-state index in [9.17, 15) is 0 Å². The highest BCUT2D eigenvalue weighted by Crippen LogP contribution is 2.26. The number of nitrogens with one attached hydrogen (secondary N) is 1. The van der Waals surface area contributed by atoms with Crippen LogP contribution in [0.15, 0.2) is 0 Å². The number of ether oxygens (including phenoxy) is 1. The fraction of sp³-hybridized carbons (Fsp3) is 1.00. The number of likely N-dealkylation sites (N-methyl/N-ethyl adjacent to an activating group) is 1. The summed E-state index contributed by atoms with van der Waals surface area (Å²) < 4.78 is 5.65. The molecule has 2 fully saturated rings. The van der Waals surface area contributed by atoms with Crippen LogP contribution in [0.3, 0.4) is 0 Å². The Hall–Kier alpha value is 0.170. The van der Waals surface area contributed by atoms with Gasteiger partial charge in [-0.05, 0) is 14.1 Å². The molecule has 12 heavy (non-hydrogen) atoms. The molecule has 2 saturated heterocycles. The van der Waals surface area contributed by atoms with Crippen LogP contribution in [0.1, 0.15) is 0 Å². The van der Waals surface area contributed by atoms with Crippen molar-refractivity contribution in [1.29, 1.82) is 0 Å². The van der Waals surface area contributed by atoms with Gasteiger partial charge in [0.05, 0.1) is 12.7 Å². The average Bonchev–Trinajstić information content (AvgIpc) is 2.41. The van der Waals surface area contributed by atoms with Gasteiger partial charge < -0.3 is 15.0 Å². The summed E-state index contributed by atoms with van der Waals surface area (Å²) in [5.74, 6) is 0.727. The maximum Gasteiger partial charge on any atom is 0.0756 e. The van der Waals surface area contributed by atoms with Gasteiger partial charge in [0.25, 0.3) is 0 Å². The monoisotopic (exact) mass is 192 g/mol. The zero-order valence-corrected chi connectivity index (χ0v) is 8.43. The molecule has 72 valence electrons. The molecule has 0 aliphatic carbocycles. The Balaban J connectivity index is 0.000000720. The predicted octanol–water partition coefficient (Wildman–Crippen LogP) is -0.0434. The molecule has 0 saturated carbocycles. The van der Waals surface area contributed by atoms with Crippen molar-refractivity contribution in [2.75, 3.05) is 33.8 Å². The number of halogens is 1. The Labute approximate surface area is 79.9 Å². The largest absolute Gasteiger partial charge is 0.375 e. The zero-order valence-electron chi connectivity index (χ0n) is 7.62. The number of rotatable bonds is 1. The molecule has 3 atom stereocenters. The van der Waals surface area contributed by atoms with Crippen LogP contribution in [0.5, 0.6) is 0 Å². The summed E-state index contributed by atoms with van der Waals surface area (Å²) in [6.45, 7) is 3.10. The second-order valence-corrected chi connectivity index (χ2v) is 3.72. The maximum atomic E-state index is 5.65. The van der Waals surface area contributed by atoms with E-state index in [4.69, 9.17) is 4.74 Å². The van der Waals surface area contributed by atoms with Crippen molar-refractivity contribution in [3.63, 3.8) is 0 Å². The molecule has 0 aromatic carbocycles. The Morgan fingerprint density at radius 1 is 1.33 bits per heavy atom. The van der Waals surface area contributed by atoms with E-state index in [2.05, 4.69) is 24.3 Å². The normalized spacial score (nSPS) is 39.8. The molecule has 2 aliphatic rings. The van der Waals surface area contributed by atoms with Crippen molar-refractivity contribution < 1.29 is 4.74 Å². The molecule has 2 rings (SSSR count). The Bertz CT molecular complexity index is 154. The standard InChI is InChI=1S/C8H16N2O.ClH/c1-10(2)7-5-11-8-4-9-3-6(7)8;/h6-9H,3-5H2,1-2H3;1H/t6-,7?,8-;/m0./s1. The van der Waals surface area contributed by atoms with E-state index >= 15 is 0 Å².